The van der Waals surface area contributed by atoms with Crippen molar-refractivity contribution in [2.75, 3.05) is 10.9 Å². The molecule has 3 aromatic rings. The number of hydrogen-bond acceptors (Lipinski definition) is 6. The lowest BCUT2D eigenvalue weighted by Crippen LogP contribution is -2.35. The maximum absolute atomic E-state index is 13.4. The highest BCUT2D eigenvalue weighted by Gasteiger charge is 2.36. The van der Waals surface area contributed by atoms with Crippen LogP contribution in [0, 0.1) is 0 Å². The maximum Gasteiger partial charge on any atom is 0.338 e. The minimum atomic E-state index is -3.87. The number of sulfonamides is 1. The van der Waals surface area contributed by atoms with Crippen molar-refractivity contribution in [2.45, 2.75) is 30.8 Å². The number of anilines is 1. The Morgan fingerprint density at radius 3 is 2.72 bits per heavy atom. The van der Waals surface area contributed by atoms with E-state index in [2.05, 4.69) is 5.32 Å². The molecule has 2 aromatic carbocycles. The number of para-hydroxylation sites is 1. The first-order chi connectivity index (χ1) is 15.4. The molecule has 32 heavy (non-hydrogen) atoms. The van der Waals surface area contributed by atoms with Gasteiger partial charge in [0, 0.05) is 10.9 Å². The number of carbonyl (C=O) groups is 2. The number of benzene rings is 2. The zero-order valence-electron chi connectivity index (χ0n) is 17.4. The molecule has 9 heteroatoms. The van der Waals surface area contributed by atoms with Crippen LogP contribution in [-0.2, 0) is 32.5 Å². The molecule has 1 aromatic heterocycles. The second-order valence-corrected chi connectivity index (χ2v) is 10.3. The Labute approximate surface area is 190 Å². The molecule has 2 heterocycles. The van der Waals surface area contributed by atoms with Crippen LogP contribution in [0.2, 0.25) is 0 Å². The highest BCUT2D eigenvalue weighted by Crippen LogP contribution is 2.36. The summed E-state index contributed by atoms with van der Waals surface area (Å²) in [6.45, 7) is 1.76. The summed E-state index contributed by atoms with van der Waals surface area (Å²) in [4.78, 5) is 25.4. The van der Waals surface area contributed by atoms with Crippen LogP contribution in [0.15, 0.2) is 70.9 Å². The highest BCUT2D eigenvalue weighted by molar-refractivity contribution is 7.92. The van der Waals surface area contributed by atoms with Crippen molar-refractivity contribution in [3.8, 4) is 0 Å². The molecular weight excluding hydrogens is 448 g/mol. The van der Waals surface area contributed by atoms with Gasteiger partial charge in [0.05, 0.1) is 22.7 Å². The topological polar surface area (TPSA) is 92.8 Å². The first-order valence-electron chi connectivity index (χ1n) is 10.0. The van der Waals surface area contributed by atoms with Crippen molar-refractivity contribution in [1.82, 2.24) is 5.32 Å². The van der Waals surface area contributed by atoms with E-state index in [0.717, 1.165) is 10.4 Å². The molecule has 1 N–H and O–H groups in total. The molecule has 7 nitrogen and oxygen atoms in total. The van der Waals surface area contributed by atoms with Crippen molar-refractivity contribution >= 4 is 38.9 Å². The van der Waals surface area contributed by atoms with Crippen molar-refractivity contribution in [3.05, 3.63) is 82.0 Å². The monoisotopic (exact) mass is 470 g/mol. The predicted octanol–water partition coefficient (Wildman–Crippen LogP) is 3.36. The number of esters is 1. The van der Waals surface area contributed by atoms with E-state index in [1.54, 1.807) is 12.1 Å². The number of carbonyl (C=O) groups excluding carboxylic acids is 2. The minimum Gasteiger partial charge on any atom is -0.452 e. The number of fused-ring (bicyclic) bond motifs is 1. The highest BCUT2D eigenvalue weighted by atomic mass is 32.2. The molecule has 0 saturated carbocycles. The van der Waals surface area contributed by atoms with Gasteiger partial charge in [-0.25, -0.2) is 13.2 Å². The van der Waals surface area contributed by atoms with Crippen LogP contribution in [-0.4, -0.2) is 32.9 Å². The molecule has 0 radical (unpaired) electrons. The molecule has 166 valence electrons. The predicted molar refractivity (Wildman–Crippen MR) is 122 cm³/mol. The molecular formula is C23H22N2O5S2. The quantitative estimate of drug-likeness (QED) is 0.535. The number of amides is 1. The third-order valence-corrected chi connectivity index (χ3v) is 7.95. The number of ether oxygens (including phenoxy) is 1. The minimum absolute atomic E-state index is 0.00218. The lowest BCUT2D eigenvalue weighted by molar-refractivity contribution is -0.124. The Hall–Kier alpha value is -3.17. The fourth-order valence-electron chi connectivity index (χ4n) is 3.66. The van der Waals surface area contributed by atoms with Gasteiger partial charge in [-0.3, -0.25) is 9.10 Å². The first-order valence-corrected chi connectivity index (χ1v) is 12.4. The Morgan fingerprint density at radius 2 is 1.94 bits per heavy atom. The Bertz CT molecular complexity index is 1240. The van der Waals surface area contributed by atoms with Gasteiger partial charge in [-0.2, -0.15) is 0 Å². The van der Waals surface area contributed by atoms with Crippen LogP contribution < -0.4 is 9.62 Å². The van der Waals surface area contributed by atoms with Crippen LogP contribution in [0.5, 0.6) is 0 Å². The van der Waals surface area contributed by atoms with E-state index >= 15 is 0 Å². The Kier molecular flexibility index (Phi) is 6.29. The molecule has 1 amide bonds. The van der Waals surface area contributed by atoms with Gasteiger partial charge in [0.2, 0.25) is 0 Å². The smallest absolute Gasteiger partial charge is 0.338 e. The van der Waals surface area contributed by atoms with Crippen LogP contribution in [0.4, 0.5) is 5.69 Å². The largest absolute Gasteiger partial charge is 0.452 e. The van der Waals surface area contributed by atoms with Crippen molar-refractivity contribution in [3.63, 3.8) is 0 Å². The van der Waals surface area contributed by atoms with Gasteiger partial charge in [-0.15, -0.1) is 11.3 Å². The Balaban J connectivity index is 1.45. The first kappa shape index (κ1) is 22.0. The summed E-state index contributed by atoms with van der Waals surface area (Å²) < 4.78 is 33.2. The summed E-state index contributed by atoms with van der Waals surface area (Å²) in [5, 5.41) is 4.58. The summed E-state index contributed by atoms with van der Waals surface area (Å²) in [7, 11) is -3.87. The molecule has 0 aliphatic carbocycles. The number of hydrogen-bond donors (Lipinski definition) is 1. The van der Waals surface area contributed by atoms with Gasteiger partial charge >= 0.3 is 5.97 Å². The molecule has 0 fully saturated rings. The zero-order chi connectivity index (χ0) is 22.7. The van der Waals surface area contributed by atoms with Crippen molar-refractivity contribution in [1.29, 1.82) is 0 Å². The SMILES string of the molecule is CC1Cc2ccccc2N1S(=O)(=O)c1cccc(C(=O)OCC(=O)NCc2cccs2)c1. The van der Waals surface area contributed by atoms with Crippen LogP contribution in [0.25, 0.3) is 0 Å². The summed E-state index contributed by atoms with van der Waals surface area (Å²) in [5.41, 5.74) is 1.68. The van der Waals surface area contributed by atoms with E-state index in [1.807, 2.05) is 36.6 Å². The second-order valence-electron chi connectivity index (χ2n) is 7.44. The molecule has 1 aliphatic heterocycles. The summed E-state index contributed by atoms with van der Waals surface area (Å²) >= 11 is 1.51. The molecule has 0 saturated heterocycles. The van der Waals surface area contributed by atoms with Crippen LogP contribution in [0.3, 0.4) is 0 Å². The van der Waals surface area contributed by atoms with Gasteiger partial charge in [0.15, 0.2) is 6.61 Å². The summed E-state index contributed by atoms with van der Waals surface area (Å²) in [6, 6.07) is 16.6. The zero-order valence-corrected chi connectivity index (χ0v) is 19.0. The van der Waals surface area contributed by atoms with E-state index in [4.69, 9.17) is 4.74 Å². The van der Waals surface area contributed by atoms with E-state index in [0.29, 0.717) is 18.7 Å². The normalized spacial score (nSPS) is 15.3. The molecule has 1 unspecified atom stereocenters. The standard InChI is InChI=1S/C23H22N2O5S2/c1-16-12-17-6-2-3-10-21(17)25(16)32(28,29)20-9-4-7-18(13-20)23(27)30-15-22(26)24-14-19-8-5-11-31-19/h2-11,13,16H,12,14-15H2,1H3,(H,24,26). The lowest BCUT2D eigenvalue weighted by Gasteiger charge is -2.24. The molecule has 1 atom stereocenters. The fraction of sp³-hybridized carbons (Fsp3) is 0.217. The maximum atomic E-state index is 13.4. The number of nitrogens with one attached hydrogen (secondary N) is 1. The summed E-state index contributed by atoms with van der Waals surface area (Å²) in [6.07, 6.45) is 0.623. The van der Waals surface area contributed by atoms with Crippen molar-refractivity contribution < 1.29 is 22.7 Å². The fourth-order valence-corrected chi connectivity index (χ4v) is 6.05. The van der Waals surface area contributed by atoms with E-state index in [1.165, 1.54) is 39.9 Å². The number of thiophene rings is 1. The number of rotatable bonds is 7. The average molecular weight is 471 g/mol. The van der Waals surface area contributed by atoms with Crippen molar-refractivity contribution in [2.24, 2.45) is 0 Å². The molecule has 4 rings (SSSR count). The lowest BCUT2D eigenvalue weighted by atomic mass is 10.1. The second kappa shape index (κ2) is 9.13. The molecule has 1 aliphatic rings. The molecule has 0 bridgehead atoms. The molecule has 0 spiro atoms. The van der Waals surface area contributed by atoms with Crippen LogP contribution in [0.1, 0.15) is 27.7 Å². The third kappa shape index (κ3) is 4.53. The van der Waals surface area contributed by atoms with E-state index in [-0.39, 0.29) is 16.5 Å². The van der Waals surface area contributed by atoms with Gasteiger partial charge in [0.25, 0.3) is 15.9 Å². The Morgan fingerprint density at radius 1 is 1.12 bits per heavy atom. The number of nitrogens with zero attached hydrogens (tertiary/aromatic N) is 1. The van der Waals surface area contributed by atoms with Gasteiger partial charge in [-0.1, -0.05) is 30.3 Å². The third-order valence-electron chi connectivity index (χ3n) is 5.15. The van der Waals surface area contributed by atoms with E-state index < -0.39 is 28.5 Å². The van der Waals surface area contributed by atoms with E-state index in [9.17, 15) is 18.0 Å². The van der Waals surface area contributed by atoms with Gasteiger partial charge < -0.3 is 10.1 Å². The average Bonchev–Trinajstić information content (AvgIpc) is 3.43. The van der Waals surface area contributed by atoms with Gasteiger partial charge in [-0.05, 0) is 54.6 Å². The van der Waals surface area contributed by atoms with Gasteiger partial charge in [0.1, 0.15) is 0 Å². The van der Waals surface area contributed by atoms with Crippen LogP contribution >= 0.6 is 11.3 Å². The summed E-state index contributed by atoms with van der Waals surface area (Å²) in [5.74, 6) is -1.19.